The zero-order chi connectivity index (χ0) is 21.4. The Morgan fingerprint density at radius 2 is 2.00 bits per heavy atom. The van der Waals surface area contributed by atoms with Crippen LogP contribution in [0.4, 0.5) is 27.6 Å². The third-order valence-corrected chi connectivity index (χ3v) is 4.80. The highest BCUT2D eigenvalue weighted by atomic mass is 35.5. The van der Waals surface area contributed by atoms with Crippen LogP contribution in [0.3, 0.4) is 0 Å². The van der Waals surface area contributed by atoms with Crippen molar-refractivity contribution in [3.05, 3.63) is 58.6 Å². The van der Waals surface area contributed by atoms with E-state index >= 15 is 0 Å². The van der Waals surface area contributed by atoms with E-state index in [-0.39, 0.29) is 16.4 Å². The summed E-state index contributed by atoms with van der Waals surface area (Å²) in [7, 11) is 0. The number of carbonyl (C=O) groups excluding carboxylic acids is 1. The number of anilines is 1. The number of nitrogens with zero attached hydrogens (tertiary/aromatic N) is 2. The third kappa shape index (κ3) is 3.64. The molecule has 0 saturated heterocycles. The number of hydrogen-bond acceptors (Lipinski definition) is 4. The quantitative estimate of drug-likeness (QED) is 0.704. The summed E-state index contributed by atoms with van der Waals surface area (Å²) < 4.78 is 71.4. The van der Waals surface area contributed by atoms with E-state index in [1.165, 1.54) is 18.3 Å². The molecule has 3 rings (SSSR count). The topological polar surface area (TPSA) is 80.4 Å². The van der Waals surface area contributed by atoms with E-state index in [9.17, 15) is 26.7 Å². The third-order valence-electron chi connectivity index (χ3n) is 4.50. The second-order valence-electron chi connectivity index (χ2n) is 6.36. The molecular formula is C18H14ClF5N4O. The van der Waals surface area contributed by atoms with Gasteiger partial charge in [-0.1, -0.05) is 11.6 Å². The van der Waals surface area contributed by atoms with E-state index in [1.807, 2.05) is 0 Å². The molecule has 154 valence electrons. The smallest absolute Gasteiger partial charge is 0.283 e. The van der Waals surface area contributed by atoms with Crippen LogP contribution in [0.5, 0.6) is 0 Å². The van der Waals surface area contributed by atoms with E-state index in [4.69, 9.17) is 17.3 Å². The number of amides is 1. The van der Waals surface area contributed by atoms with Crippen molar-refractivity contribution in [2.75, 3.05) is 5.32 Å². The lowest BCUT2D eigenvalue weighted by Crippen LogP contribution is -2.54. The molecule has 0 radical (unpaired) electrons. The number of amidine groups is 1. The molecule has 0 saturated carbocycles. The van der Waals surface area contributed by atoms with Crippen molar-refractivity contribution in [1.29, 1.82) is 0 Å². The lowest BCUT2D eigenvalue weighted by molar-refractivity contribution is -0.145. The average Bonchev–Trinajstić information content (AvgIpc) is 2.65. The van der Waals surface area contributed by atoms with Gasteiger partial charge in [-0.2, -0.15) is 0 Å². The number of rotatable bonds is 4. The maximum absolute atomic E-state index is 14.6. The summed E-state index contributed by atoms with van der Waals surface area (Å²) in [4.78, 5) is 19.4. The van der Waals surface area contributed by atoms with Crippen LogP contribution in [-0.4, -0.2) is 29.1 Å². The first-order valence-electron chi connectivity index (χ1n) is 8.30. The Bertz CT molecular complexity index is 984. The standard InChI is InChI=1S/C18H14ClF5N4O/c19-11-2-1-7-26-14(11)15(29)27-9-3-4-12(20)10(8-9)18(16(21)22)17(23,24)6-5-13(25)28-18/h1-4,7-8,16H,5-6H2,(H2,25,28)(H,27,29)/t18-/m0/s1. The zero-order valence-corrected chi connectivity index (χ0v) is 15.4. The number of halogens is 6. The highest BCUT2D eigenvalue weighted by Crippen LogP contribution is 2.51. The van der Waals surface area contributed by atoms with Crippen LogP contribution in [-0.2, 0) is 5.54 Å². The number of nitrogens with one attached hydrogen (secondary N) is 1. The molecule has 1 amide bonds. The highest BCUT2D eigenvalue weighted by Gasteiger charge is 2.63. The van der Waals surface area contributed by atoms with Gasteiger partial charge in [-0.15, -0.1) is 0 Å². The molecule has 1 aliphatic heterocycles. The van der Waals surface area contributed by atoms with Gasteiger partial charge in [-0.25, -0.2) is 31.9 Å². The molecule has 1 aliphatic rings. The van der Waals surface area contributed by atoms with Crippen molar-refractivity contribution in [3.8, 4) is 0 Å². The van der Waals surface area contributed by atoms with Crippen LogP contribution in [0.25, 0.3) is 0 Å². The van der Waals surface area contributed by atoms with Crippen molar-refractivity contribution in [2.24, 2.45) is 10.7 Å². The first kappa shape index (κ1) is 21.0. The molecule has 0 bridgehead atoms. The fraction of sp³-hybridized carbons (Fsp3) is 0.278. The monoisotopic (exact) mass is 432 g/mol. The molecule has 2 aromatic rings. The fourth-order valence-corrected chi connectivity index (χ4v) is 3.27. The maximum atomic E-state index is 14.6. The number of hydrogen-bond donors (Lipinski definition) is 2. The van der Waals surface area contributed by atoms with E-state index in [2.05, 4.69) is 15.3 Å². The van der Waals surface area contributed by atoms with Gasteiger partial charge in [0.05, 0.1) is 10.9 Å². The van der Waals surface area contributed by atoms with Gasteiger partial charge in [-0.05, 0) is 30.3 Å². The first-order chi connectivity index (χ1) is 13.6. The molecule has 5 nitrogen and oxygen atoms in total. The number of nitrogens with two attached hydrogens (primary N) is 1. The number of aromatic nitrogens is 1. The maximum Gasteiger partial charge on any atom is 0.283 e. The molecule has 29 heavy (non-hydrogen) atoms. The minimum Gasteiger partial charge on any atom is -0.387 e. The second kappa shape index (κ2) is 7.58. The first-order valence-corrected chi connectivity index (χ1v) is 8.68. The molecule has 2 heterocycles. The van der Waals surface area contributed by atoms with Gasteiger partial charge in [0, 0.05) is 30.3 Å². The Hall–Kier alpha value is -2.75. The van der Waals surface area contributed by atoms with E-state index in [0.717, 1.165) is 6.07 Å². The van der Waals surface area contributed by atoms with Crippen molar-refractivity contribution in [3.63, 3.8) is 0 Å². The molecular weight excluding hydrogens is 419 g/mol. The van der Waals surface area contributed by atoms with Crippen molar-refractivity contribution >= 4 is 29.0 Å². The Kier molecular flexibility index (Phi) is 5.48. The molecule has 0 unspecified atom stereocenters. The van der Waals surface area contributed by atoms with Gasteiger partial charge in [0.2, 0.25) is 5.54 Å². The SMILES string of the molecule is NC1=N[C@@](c2cc(NC(=O)c3ncccc3Cl)ccc2F)(C(F)F)C(F)(F)CC1. The van der Waals surface area contributed by atoms with E-state index in [0.29, 0.717) is 12.1 Å². The minimum atomic E-state index is -4.07. The van der Waals surface area contributed by atoms with Gasteiger partial charge in [0.15, 0.2) is 0 Å². The number of alkyl halides is 4. The second-order valence-corrected chi connectivity index (χ2v) is 6.76. The van der Waals surface area contributed by atoms with Crippen LogP contribution in [0.2, 0.25) is 5.02 Å². The molecule has 1 aromatic heterocycles. The molecule has 0 aliphatic carbocycles. The minimum absolute atomic E-state index is 0.00701. The van der Waals surface area contributed by atoms with Crippen molar-refractivity contribution < 1.29 is 26.7 Å². The van der Waals surface area contributed by atoms with E-state index < -0.39 is 53.9 Å². The molecule has 3 N–H and O–H groups in total. The summed E-state index contributed by atoms with van der Waals surface area (Å²) in [5, 5.41) is 2.29. The predicted molar refractivity (Wildman–Crippen MR) is 97.1 cm³/mol. The van der Waals surface area contributed by atoms with Crippen molar-refractivity contribution in [1.82, 2.24) is 4.98 Å². The van der Waals surface area contributed by atoms with Crippen LogP contribution in [0.15, 0.2) is 41.5 Å². The van der Waals surface area contributed by atoms with Crippen LogP contribution < -0.4 is 11.1 Å². The summed E-state index contributed by atoms with van der Waals surface area (Å²) >= 11 is 5.87. The van der Waals surface area contributed by atoms with Gasteiger partial charge in [0.1, 0.15) is 11.5 Å². The summed E-state index contributed by atoms with van der Waals surface area (Å²) in [6.07, 6.45) is -3.89. The molecule has 11 heteroatoms. The Morgan fingerprint density at radius 3 is 2.66 bits per heavy atom. The normalized spacial score (nSPS) is 21.0. The Morgan fingerprint density at radius 1 is 1.28 bits per heavy atom. The predicted octanol–water partition coefficient (Wildman–Crippen LogP) is 4.37. The van der Waals surface area contributed by atoms with Crippen molar-refractivity contribution in [2.45, 2.75) is 30.7 Å². The lowest BCUT2D eigenvalue weighted by Gasteiger charge is -2.40. The lowest BCUT2D eigenvalue weighted by atomic mass is 9.79. The van der Waals surface area contributed by atoms with Gasteiger partial charge in [-0.3, -0.25) is 4.79 Å². The number of benzene rings is 1. The number of pyridine rings is 1. The summed E-state index contributed by atoms with van der Waals surface area (Å²) in [6, 6.07) is 5.28. The van der Waals surface area contributed by atoms with Crippen LogP contribution in [0.1, 0.15) is 28.9 Å². The molecule has 0 spiro atoms. The summed E-state index contributed by atoms with van der Waals surface area (Å²) in [6.45, 7) is 0. The number of aliphatic imine (C=N–C) groups is 1. The summed E-state index contributed by atoms with van der Waals surface area (Å²) in [5.41, 5.74) is 0.441. The molecule has 0 fully saturated rings. The van der Waals surface area contributed by atoms with E-state index in [1.54, 1.807) is 0 Å². The highest BCUT2D eigenvalue weighted by molar-refractivity contribution is 6.34. The van der Waals surface area contributed by atoms with Crippen LogP contribution >= 0.6 is 11.6 Å². The fourth-order valence-electron chi connectivity index (χ4n) is 3.06. The van der Waals surface area contributed by atoms with Gasteiger partial charge >= 0.3 is 0 Å². The Labute approximate surface area is 166 Å². The van der Waals surface area contributed by atoms with Crippen LogP contribution in [0, 0.1) is 5.82 Å². The Balaban J connectivity index is 2.08. The zero-order valence-electron chi connectivity index (χ0n) is 14.6. The van der Waals surface area contributed by atoms with Gasteiger partial charge in [0.25, 0.3) is 18.3 Å². The number of carbonyl (C=O) groups is 1. The molecule has 1 atom stereocenters. The average molecular weight is 433 g/mol. The largest absolute Gasteiger partial charge is 0.387 e. The molecule has 1 aromatic carbocycles. The summed E-state index contributed by atoms with van der Waals surface area (Å²) in [5.74, 6) is -6.68. The van der Waals surface area contributed by atoms with Gasteiger partial charge < -0.3 is 11.1 Å².